The number of benzene rings is 2. The lowest BCUT2D eigenvalue weighted by Gasteiger charge is -2.52. The van der Waals surface area contributed by atoms with Gasteiger partial charge >= 0.3 is 0 Å². The summed E-state index contributed by atoms with van der Waals surface area (Å²) in [5.74, 6) is -0.0194. The molecule has 1 aromatic heterocycles. The van der Waals surface area contributed by atoms with E-state index in [-0.39, 0.29) is 23.1 Å². The van der Waals surface area contributed by atoms with Gasteiger partial charge in [-0.3, -0.25) is 0 Å². The van der Waals surface area contributed by atoms with Crippen LogP contribution in [0.1, 0.15) is 37.9 Å². The van der Waals surface area contributed by atoms with Crippen LogP contribution in [0, 0.1) is 5.82 Å². The summed E-state index contributed by atoms with van der Waals surface area (Å²) in [5, 5.41) is 11.6. The van der Waals surface area contributed by atoms with E-state index in [4.69, 9.17) is 9.47 Å². The van der Waals surface area contributed by atoms with Gasteiger partial charge in [0, 0.05) is 47.7 Å². The number of aromatic nitrogens is 1. The highest BCUT2D eigenvalue weighted by Crippen LogP contribution is 2.57. The summed E-state index contributed by atoms with van der Waals surface area (Å²) in [4.78, 5) is 0. The fraction of sp³-hybridized carbons (Fsp3) is 0.391. The molecule has 0 saturated heterocycles. The molecule has 2 aromatic carbocycles. The number of aromatic hydroxyl groups is 1. The predicted octanol–water partition coefficient (Wildman–Crippen LogP) is 4.79. The number of phenolic OH excluding ortho intramolecular Hbond substituents is 1. The van der Waals surface area contributed by atoms with Gasteiger partial charge in [-0.1, -0.05) is 19.9 Å². The topological polar surface area (TPSA) is 43.6 Å². The molecule has 0 atom stereocenters. The fourth-order valence-corrected chi connectivity index (χ4v) is 4.89. The van der Waals surface area contributed by atoms with Crippen molar-refractivity contribution in [2.75, 3.05) is 13.7 Å². The summed E-state index contributed by atoms with van der Waals surface area (Å²) < 4.78 is 27.7. The van der Waals surface area contributed by atoms with E-state index in [1.807, 2.05) is 12.1 Å². The second kappa shape index (κ2) is 5.82. The number of halogens is 1. The molecule has 0 bridgehead atoms. The minimum Gasteiger partial charge on any atom is -0.507 e. The van der Waals surface area contributed by atoms with Crippen molar-refractivity contribution < 1.29 is 19.0 Å². The molecule has 3 aromatic rings. The Morgan fingerprint density at radius 2 is 1.86 bits per heavy atom. The molecule has 146 valence electrons. The Hall–Kier alpha value is -2.37. The van der Waals surface area contributed by atoms with Crippen molar-refractivity contribution in [3.05, 3.63) is 59.5 Å². The molecule has 1 spiro atoms. The van der Waals surface area contributed by atoms with Crippen LogP contribution in [0.15, 0.2) is 42.5 Å². The lowest BCUT2D eigenvalue weighted by molar-refractivity contribution is -0.187. The second-order valence-electron chi connectivity index (χ2n) is 8.64. The van der Waals surface area contributed by atoms with Crippen molar-refractivity contribution in [1.29, 1.82) is 0 Å². The first-order valence-corrected chi connectivity index (χ1v) is 9.66. The maximum atomic E-state index is 13.6. The van der Waals surface area contributed by atoms with Crippen molar-refractivity contribution in [3.63, 3.8) is 0 Å². The molecule has 1 N–H and O–H groups in total. The summed E-state index contributed by atoms with van der Waals surface area (Å²) in [7, 11) is 1.73. The van der Waals surface area contributed by atoms with E-state index in [0.717, 1.165) is 40.7 Å². The quantitative estimate of drug-likeness (QED) is 0.694. The highest BCUT2D eigenvalue weighted by molar-refractivity contribution is 5.94. The number of nitrogens with zero attached hydrogens (tertiary/aromatic N) is 1. The van der Waals surface area contributed by atoms with Gasteiger partial charge in [0.05, 0.1) is 18.2 Å². The summed E-state index contributed by atoms with van der Waals surface area (Å²) in [6.07, 6.45) is 1.69. The fourth-order valence-electron chi connectivity index (χ4n) is 4.89. The van der Waals surface area contributed by atoms with E-state index in [2.05, 4.69) is 18.4 Å². The third-order valence-corrected chi connectivity index (χ3v) is 6.31. The van der Waals surface area contributed by atoms with Crippen LogP contribution >= 0.6 is 0 Å². The molecule has 1 saturated carbocycles. The van der Waals surface area contributed by atoms with Gasteiger partial charge in [0.2, 0.25) is 0 Å². The number of fused-ring (bicyclic) bond motifs is 4. The maximum Gasteiger partial charge on any atom is 0.125 e. The first-order valence-electron chi connectivity index (χ1n) is 9.66. The Morgan fingerprint density at radius 1 is 1.14 bits per heavy atom. The third kappa shape index (κ3) is 2.29. The molecular formula is C23H24FNO3. The number of ether oxygens (including phenoxy) is 2. The molecule has 1 fully saturated rings. The summed E-state index contributed by atoms with van der Waals surface area (Å²) in [5.41, 5.74) is 3.25. The van der Waals surface area contributed by atoms with Gasteiger partial charge < -0.3 is 19.1 Å². The predicted molar refractivity (Wildman–Crippen MR) is 106 cm³/mol. The molecule has 28 heavy (non-hydrogen) atoms. The van der Waals surface area contributed by atoms with Crippen LogP contribution in [-0.2, 0) is 20.5 Å². The molecule has 0 radical (unpaired) electrons. The van der Waals surface area contributed by atoms with E-state index in [9.17, 15) is 9.50 Å². The highest BCUT2D eigenvalue weighted by Gasteiger charge is 2.55. The first-order chi connectivity index (χ1) is 13.4. The summed E-state index contributed by atoms with van der Waals surface area (Å²) in [6.45, 7) is 4.89. The zero-order valence-electron chi connectivity index (χ0n) is 16.3. The minimum atomic E-state index is -0.451. The molecule has 4 nitrogen and oxygen atoms in total. The molecule has 0 unspecified atom stereocenters. The van der Waals surface area contributed by atoms with Gasteiger partial charge in [-0.15, -0.1) is 0 Å². The number of rotatable bonds is 2. The Balaban J connectivity index is 1.87. The number of hydrogen-bond acceptors (Lipinski definition) is 3. The van der Waals surface area contributed by atoms with Gasteiger partial charge in [0.15, 0.2) is 0 Å². The lowest BCUT2D eigenvalue weighted by Crippen LogP contribution is -2.53. The number of methoxy groups -OCH3 is 1. The lowest BCUT2D eigenvalue weighted by atomic mass is 9.67. The van der Waals surface area contributed by atoms with E-state index in [1.54, 1.807) is 25.3 Å². The van der Waals surface area contributed by atoms with E-state index in [0.29, 0.717) is 6.61 Å². The van der Waals surface area contributed by atoms with Crippen LogP contribution in [-0.4, -0.2) is 29.5 Å². The summed E-state index contributed by atoms with van der Waals surface area (Å²) >= 11 is 0. The number of hydrogen-bond donors (Lipinski definition) is 1. The SMILES string of the molecule is CO[C@H]1C[C@@]2(C1)OCC(C)(C)c1c2c2c(O)cccc2n1-c1ccc(F)cc1. The Bertz CT molecular complexity index is 1060. The monoisotopic (exact) mass is 381 g/mol. The molecule has 5 heteroatoms. The molecule has 1 aliphatic heterocycles. The van der Waals surface area contributed by atoms with Crippen molar-refractivity contribution >= 4 is 10.9 Å². The smallest absolute Gasteiger partial charge is 0.125 e. The van der Waals surface area contributed by atoms with Crippen LogP contribution in [0.4, 0.5) is 4.39 Å². The van der Waals surface area contributed by atoms with Crippen molar-refractivity contribution in [2.45, 2.75) is 43.8 Å². The molecular weight excluding hydrogens is 357 g/mol. The third-order valence-electron chi connectivity index (χ3n) is 6.31. The Kier molecular flexibility index (Phi) is 3.68. The van der Waals surface area contributed by atoms with Crippen LogP contribution in [0.2, 0.25) is 0 Å². The average molecular weight is 381 g/mol. The average Bonchev–Trinajstić information content (AvgIpc) is 3.00. The maximum absolute atomic E-state index is 13.6. The van der Waals surface area contributed by atoms with Crippen molar-refractivity contribution in [2.24, 2.45) is 0 Å². The number of phenols is 1. The van der Waals surface area contributed by atoms with E-state index >= 15 is 0 Å². The van der Waals surface area contributed by atoms with Crippen LogP contribution in [0.3, 0.4) is 0 Å². The zero-order valence-corrected chi connectivity index (χ0v) is 16.3. The standard InChI is InChI=1S/C23H24FNO3/c1-22(2)13-28-23(11-16(12-23)27-3)20-19-17(5-4-6-18(19)26)25(21(20)22)15-9-7-14(24)8-10-15/h4-10,16,26H,11-13H2,1-3H3/t16-,23-. The zero-order chi connectivity index (χ0) is 19.7. The van der Waals surface area contributed by atoms with Gasteiger partial charge in [-0.2, -0.15) is 0 Å². The van der Waals surface area contributed by atoms with Crippen molar-refractivity contribution in [3.8, 4) is 11.4 Å². The molecule has 0 amide bonds. The molecule has 2 heterocycles. The minimum absolute atomic E-state index is 0.157. The molecule has 2 aliphatic rings. The molecule has 5 rings (SSSR count). The van der Waals surface area contributed by atoms with Crippen LogP contribution in [0.25, 0.3) is 16.6 Å². The van der Waals surface area contributed by atoms with Crippen LogP contribution < -0.4 is 0 Å². The first kappa shape index (κ1) is 17.7. The van der Waals surface area contributed by atoms with Gasteiger partial charge in [-0.05, 0) is 36.4 Å². The van der Waals surface area contributed by atoms with E-state index in [1.165, 1.54) is 12.1 Å². The van der Waals surface area contributed by atoms with Gasteiger partial charge in [-0.25, -0.2) is 4.39 Å². The Labute approximate surface area is 163 Å². The largest absolute Gasteiger partial charge is 0.507 e. The normalized spacial score (nSPS) is 25.6. The summed E-state index contributed by atoms with van der Waals surface area (Å²) in [6, 6.07) is 12.1. The molecule has 1 aliphatic carbocycles. The Morgan fingerprint density at radius 3 is 2.54 bits per heavy atom. The van der Waals surface area contributed by atoms with Crippen molar-refractivity contribution in [1.82, 2.24) is 4.57 Å². The van der Waals surface area contributed by atoms with Gasteiger partial charge in [0.1, 0.15) is 17.2 Å². The highest BCUT2D eigenvalue weighted by atomic mass is 19.1. The second-order valence-corrected chi connectivity index (χ2v) is 8.64. The van der Waals surface area contributed by atoms with Gasteiger partial charge in [0.25, 0.3) is 0 Å². The van der Waals surface area contributed by atoms with E-state index < -0.39 is 5.60 Å². The van der Waals surface area contributed by atoms with Crippen LogP contribution in [0.5, 0.6) is 5.75 Å².